The fourth-order valence-corrected chi connectivity index (χ4v) is 3.82. The number of piperazine rings is 1. The highest BCUT2D eigenvalue weighted by Crippen LogP contribution is 2.18. The zero-order valence-electron chi connectivity index (χ0n) is 11.9. The van der Waals surface area contributed by atoms with Gasteiger partial charge in [-0.3, -0.25) is 0 Å². The minimum absolute atomic E-state index is 0.137. The average Bonchev–Trinajstić information content (AvgIpc) is 2.48. The molecule has 1 saturated heterocycles. The minimum Gasteiger partial charge on any atom is -0.396 e. The van der Waals surface area contributed by atoms with E-state index < -0.39 is 15.8 Å². The highest BCUT2D eigenvalue weighted by Gasteiger charge is 2.28. The second-order valence-electron chi connectivity index (χ2n) is 5.13. The van der Waals surface area contributed by atoms with Crippen LogP contribution in [0, 0.1) is 5.82 Å². The van der Waals surface area contributed by atoms with Crippen molar-refractivity contribution >= 4 is 10.0 Å². The molecule has 0 spiro atoms. The van der Waals surface area contributed by atoms with Crippen LogP contribution in [0.15, 0.2) is 29.2 Å². The molecule has 21 heavy (non-hydrogen) atoms. The maximum absolute atomic E-state index is 12.9. The second kappa shape index (κ2) is 7.31. The van der Waals surface area contributed by atoms with Gasteiger partial charge in [-0.15, -0.1) is 0 Å². The highest BCUT2D eigenvalue weighted by molar-refractivity contribution is 7.89. The molecule has 1 N–H and O–H groups in total. The molecule has 2 rings (SSSR count). The van der Waals surface area contributed by atoms with Crippen molar-refractivity contribution in [3.63, 3.8) is 0 Å². The van der Waals surface area contributed by atoms with E-state index in [1.165, 1.54) is 16.4 Å². The molecule has 0 saturated carbocycles. The average molecular weight is 316 g/mol. The van der Waals surface area contributed by atoms with Crippen LogP contribution in [0.25, 0.3) is 0 Å². The lowest BCUT2D eigenvalue weighted by Crippen LogP contribution is -2.48. The fraction of sp³-hybridized carbons (Fsp3) is 0.571. The van der Waals surface area contributed by atoms with Crippen molar-refractivity contribution in [2.24, 2.45) is 0 Å². The normalized spacial score (nSPS) is 18.0. The number of sulfonamides is 1. The van der Waals surface area contributed by atoms with Crippen molar-refractivity contribution in [3.05, 3.63) is 30.1 Å². The number of benzene rings is 1. The van der Waals surface area contributed by atoms with E-state index >= 15 is 0 Å². The Morgan fingerprint density at radius 1 is 1.05 bits per heavy atom. The van der Waals surface area contributed by atoms with Gasteiger partial charge in [0.05, 0.1) is 4.90 Å². The Bertz CT molecular complexity index is 540. The summed E-state index contributed by atoms with van der Waals surface area (Å²) in [5.74, 6) is -0.442. The van der Waals surface area contributed by atoms with Crippen LogP contribution in [0.4, 0.5) is 4.39 Å². The van der Waals surface area contributed by atoms with Gasteiger partial charge in [-0.05, 0) is 43.7 Å². The van der Waals surface area contributed by atoms with E-state index in [4.69, 9.17) is 5.11 Å². The lowest BCUT2D eigenvalue weighted by molar-refractivity contribution is 0.180. The van der Waals surface area contributed by atoms with Gasteiger partial charge in [0.1, 0.15) is 5.82 Å². The van der Waals surface area contributed by atoms with Gasteiger partial charge in [-0.1, -0.05) is 0 Å². The predicted octanol–water partition coefficient (Wildman–Crippen LogP) is 0.905. The second-order valence-corrected chi connectivity index (χ2v) is 7.07. The smallest absolute Gasteiger partial charge is 0.243 e. The van der Waals surface area contributed by atoms with Gasteiger partial charge in [0.2, 0.25) is 10.0 Å². The van der Waals surface area contributed by atoms with Crippen LogP contribution in [0.3, 0.4) is 0 Å². The van der Waals surface area contributed by atoms with E-state index in [1.807, 2.05) is 0 Å². The number of halogens is 1. The summed E-state index contributed by atoms with van der Waals surface area (Å²) in [6.45, 7) is 3.33. The first-order chi connectivity index (χ1) is 10.0. The van der Waals surface area contributed by atoms with Gasteiger partial charge < -0.3 is 10.0 Å². The van der Waals surface area contributed by atoms with Gasteiger partial charge in [0.15, 0.2) is 0 Å². The number of hydrogen-bond donors (Lipinski definition) is 1. The van der Waals surface area contributed by atoms with E-state index in [0.29, 0.717) is 26.2 Å². The minimum atomic E-state index is -3.53. The lowest BCUT2D eigenvalue weighted by atomic mass is 10.3. The maximum Gasteiger partial charge on any atom is 0.243 e. The van der Waals surface area contributed by atoms with Crippen molar-refractivity contribution in [2.75, 3.05) is 39.3 Å². The molecule has 1 aliphatic heterocycles. The molecule has 0 aromatic heterocycles. The molecule has 1 fully saturated rings. The zero-order valence-corrected chi connectivity index (χ0v) is 12.7. The third-order valence-corrected chi connectivity index (χ3v) is 5.58. The summed E-state index contributed by atoms with van der Waals surface area (Å²) in [6, 6.07) is 4.94. The Kier molecular flexibility index (Phi) is 5.69. The topological polar surface area (TPSA) is 60.9 Å². The predicted molar refractivity (Wildman–Crippen MR) is 77.9 cm³/mol. The summed E-state index contributed by atoms with van der Waals surface area (Å²) in [7, 11) is -3.53. The van der Waals surface area contributed by atoms with E-state index in [0.717, 1.165) is 31.5 Å². The summed E-state index contributed by atoms with van der Waals surface area (Å²) in [5.41, 5.74) is 0. The fourth-order valence-electron chi connectivity index (χ4n) is 2.40. The molecule has 118 valence electrons. The molecule has 1 heterocycles. The molecule has 0 amide bonds. The van der Waals surface area contributed by atoms with Crippen LogP contribution in [-0.4, -0.2) is 62.1 Å². The highest BCUT2D eigenvalue weighted by atomic mass is 32.2. The Morgan fingerprint density at radius 2 is 1.67 bits per heavy atom. The lowest BCUT2D eigenvalue weighted by Gasteiger charge is -2.33. The Balaban J connectivity index is 1.93. The Hall–Kier alpha value is -1.02. The third-order valence-electron chi connectivity index (χ3n) is 3.67. The SMILES string of the molecule is O=S(=O)(c1ccc(F)cc1)N1CCN(CCCCO)CC1. The third kappa shape index (κ3) is 4.23. The Morgan fingerprint density at radius 3 is 2.24 bits per heavy atom. The molecule has 0 unspecified atom stereocenters. The van der Waals surface area contributed by atoms with Gasteiger partial charge >= 0.3 is 0 Å². The van der Waals surface area contributed by atoms with E-state index in [2.05, 4.69) is 4.90 Å². The summed E-state index contributed by atoms with van der Waals surface area (Å²) >= 11 is 0. The molecule has 1 aromatic carbocycles. The quantitative estimate of drug-likeness (QED) is 0.792. The number of hydrogen-bond acceptors (Lipinski definition) is 4. The Labute approximate surface area is 125 Å². The van der Waals surface area contributed by atoms with Gasteiger partial charge in [0, 0.05) is 32.8 Å². The van der Waals surface area contributed by atoms with Gasteiger partial charge in [0.25, 0.3) is 0 Å². The number of aliphatic hydroxyl groups excluding tert-OH is 1. The summed E-state index contributed by atoms with van der Waals surface area (Å²) < 4.78 is 39.2. The van der Waals surface area contributed by atoms with Crippen molar-refractivity contribution < 1.29 is 17.9 Å². The molecule has 5 nitrogen and oxygen atoms in total. The van der Waals surface area contributed by atoms with Crippen molar-refractivity contribution in [1.82, 2.24) is 9.21 Å². The van der Waals surface area contributed by atoms with E-state index in [9.17, 15) is 12.8 Å². The molecule has 0 atom stereocenters. The van der Waals surface area contributed by atoms with Crippen LogP contribution in [0.5, 0.6) is 0 Å². The summed E-state index contributed by atoms with van der Waals surface area (Å²) in [5, 5.41) is 8.76. The molecule has 7 heteroatoms. The largest absolute Gasteiger partial charge is 0.396 e. The number of unbranched alkanes of at least 4 members (excludes halogenated alkanes) is 1. The number of nitrogens with zero attached hydrogens (tertiary/aromatic N) is 2. The standard InChI is InChI=1S/C14H21FN2O3S/c15-13-3-5-14(6-4-13)21(19,20)17-10-8-16(9-11-17)7-1-2-12-18/h3-6,18H,1-2,7-12H2. The van der Waals surface area contributed by atoms with Gasteiger partial charge in [-0.2, -0.15) is 4.31 Å². The van der Waals surface area contributed by atoms with Crippen LogP contribution >= 0.6 is 0 Å². The van der Waals surface area contributed by atoms with Crippen LogP contribution in [-0.2, 0) is 10.0 Å². The molecule has 1 aliphatic rings. The monoisotopic (exact) mass is 316 g/mol. The van der Waals surface area contributed by atoms with Crippen molar-refractivity contribution in [1.29, 1.82) is 0 Å². The molecule has 0 bridgehead atoms. The molecular formula is C14H21FN2O3S. The van der Waals surface area contributed by atoms with Crippen LogP contribution < -0.4 is 0 Å². The van der Waals surface area contributed by atoms with E-state index in [-0.39, 0.29) is 11.5 Å². The first-order valence-corrected chi connectivity index (χ1v) is 8.57. The molecule has 1 aromatic rings. The van der Waals surface area contributed by atoms with Crippen LogP contribution in [0.2, 0.25) is 0 Å². The van der Waals surface area contributed by atoms with Crippen LogP contribution in [0.1, 0.15) is 12.8 Å². The maximum atomic E-state index is 12.9. The van der Waals surface area contributed by atoms with Crippen molar-refractivity contribution in [2.45, 2.75) is 17.7 Å². The summed E-state index contributed by atoms with van der Waals surface area (Å²) in [4.78, 5) is 2.34. The number of aliphatic hydroxyl groups is 1. The van der Waals surface area contributed by atoms with E-state index in [1.54, 1.807) is 0 Å². The molecule has 0 aliphatic carbocycles. The molecule has 0 radical (unpaired) electrons. The first-order valence-electron chi connectivity index (χ1n) is 7.13. The number of rotatable bonds is 6. The molecular weight excluding hydrogens is 295 g/mol. The van der Waals surface area contributed by atoms with Gasteiger partial charge in [-0.25, -0.2) is 12.8 Å². The first kappa shape index (κ1) is 16.4. The zero-order chi connectivity index (χ0) is 15.3. The van der Waals surface area contributed by atoms with Crippen molar-refractivity contribution in [3.8, 4) is 0 Å². The summed E-state index contributed by atoms with van der Waals surface area (Å²) in [6.07, 6.45) is 1.69.